The van der Waals surface area contributed by atoms with Crippen molar-refractivity contribution in [1.29, 1.82) is 5.26 Å². The molecule has 0 radical (unpaired) electrons. The number of hydrogen-bond acceptors (Lipinski definition) is 6. The summed E-state index contributed by atoms with van der Waals surface area (Å²) in [6, 6.07) is 16.5. The molecule has 0 N–H and O–H groups in total. The van der Waals surface area contributed by atoms with Crippen LogP contribution in [0.2, 0.25) is 0 Å². The van der Waals surface area contributed by atoms with Crippen molar-refractivity contribution in [1.82, 2.24) is 9.88 Å². The summed E-state index contributed by atoms with van der Waals surface area (Å²) in [5.41, 5.74) is 1.90. The highest BCUT2D eigenvalue weighted by Gasteiger charge is 2.20. The molecule has 2 saturated heterocycles. The van der Waals surface area contributed by atoms with Crippen LogP contribution in [0.1, 0.15) is 18.4 Å². The molecular formula is C25H29N5O. The predicted molar refractivity (Wildman–Crippen MR) is 123 cm³/mol. The zero-order valence-corrected chi connectivity index (χ0v) is 17.9. The number of pyridine rings is 1. The molecule has 4 rings (SSSR count). The minimum absolute atomic E-state index is 0.262. The standard InChI is InChI=1S/C25H29N5O/c26-20-22-8-9-25(27-21-22)30-13-10-24(11-14-30)31-19-5-4-12-28-15-17-29(18-16-28)23-6-2-1-3-7-23/h1-3,6-9,21,24H,10-19H2. The van der Waals surface area contributed by atoms with Crippen LogP contribution in [0.15, 0.2) is 48.7 Å². The summed E-state index contributed by atoms with van der Waals surface area (Å²) in [7, 11) is 0. The lowest BCUT2D eigenvalue weighted by Gasteiger charge is -2.35. The van der Waals surface area contributed by atoms with Crippen LogP contribution < -0.4 is 9.80 Å². The van der Waals surface area contributed by atoms with Gasteiger partial charge in [0.15, 0.2) is 0 Å². The number of piperidine rings is 1. The molecule has 1 aromatic heterocycles. The highest BCUT2D eigenvalue weighted by atomic mass is 16.5. The molecular weight excluding hydrogens is 386 g/mol. The molecule has 0 atom stereocenters. The maximum Gasteiger partial charge on any atom is 0.128 e. The van der Waals surface area contributed by atoms with Gasteiger partial charge in [0.1, 0.15) is 18.5 Å². The van der Waals surface area contributed by atoms with Gasteiger partial charge in [0.05, 0.1) is 18.2 Å². The normalized spacial score (nSPS) is 17.6. The number of anilines is 2. The second-order valence-corrected chi connectivity index (χ2v) is 7.97. The Morgan fingerprint density at radius 1 is 0.903 bits per heavy atom. The highest BCUT2D eigenvalue weighted by molar-refractivity contribution is 5.46. The lowest BCUT2D eigenvalue weighted by Crippen LogP contribution is -2.46. The first kappa shape index (κ1) is 21.2. The summed E-state index contributed by atoms with van der Waals surface area (Å²) >= 11 is 0. The van der Waals surface area contributed by atoms with Crippen molar-refractivity contribution in [3.05, 3.63) is 54.2 Å². The predicted octanol–water partition coefficient (Wildman–Crippen LogP) is 2.76. The van der Waals surface area contributed by atoms with E-state index in [4.69, 9.17) is 10.00 Å². The summed E-state index contributed by atoms with van der Waals surface area (Å²) < 4.78 is 5.98. The van der Waals surface area contributed by atoms with Gasteiger partial charge in [-0.25, -0.2) is 4.98 Å². The van der Waals surface area contributed by atoms with E-state index in [1.54, 1.807) is 6.20 Å². The Hall–Kier alpha value is -3.06. The minimum Gasteiger partial charge on any atom is -0.369 e. The smallest absolute Gasteiger partial charge is 0.128 e. The number of aromatic nitrogens is 1. The number of nitriles is 1. The summed E-state index contributed by atoms with van der Waals surface area (Å²) in [6.07, 6.45) is 3.85. The molecule has 6 heteroatoms. The average molecular weight is 416 g/mol. The molecule has 0 amide bonds. The van der Waals surface area contributed by atoms with E-state index in [0.29, 0.717) is 12.2 Å². The molecule has 2 aromatic rings. The van der Waals surface area contributed by atoms with Gasteiger partial charge in [-0.05, 0) is 37.1 Å². The fourth-order valence-electron chi connectivity index (χ4n) is 4.07. The highest BCUT2D eigenvalue weighted by Crippen LogP contribution is 2.19. The van der Waals surface area contributed by atoms with Crippen LogP contribution in [0.3, 0.4) is 0 Å². The molecule has 0 unspecified atom stereocenters. The minimum atomic E-state index is 0.262. The van der Waals surface area contributed by atoms with Gasteiger partial charge >= 0.3 is 0 Å². The lowest BCUT2D eigenvalue weighted by atomic mass is 10.1. The topological polar surface area (TPSA) is 55.6 Å². The summed E-state index contributed by atoms with van der Waals surface area (Å²) in [5, 5.41) is 8.89. The van der Waals surface area contributed by atoms with Crippen molar-refractivity contribution in [2.45, 2.75) is 18.9 Å². The molecule has 0 spiro atoms. The number of benzene rings is 1. The van der Waals surface area contributed by atoms with Crippen LogP contribution in [0, 0.1) is 23.2 Å². The van der Waals surface area contributed by atoms with E-state index < -0.39 is 0 Å². The van der Waals surface area contributed by atoms with Crippen LogP contribution in [0.25, 0.3) is 0 Å². The zero-order valence-electron chi connectivity index (χ0n) is 17.9. The van der Waals surface area contributed by atoms with E-state index in [1.807, 2.05) is 12.1 Å². The average Bonchev–Trinajstić information content (AvgIpc) is 2.85. The number of hydrogen-bond donors (Lipinski definition) is 0. The SMILES string of the molecule is N#Cc1ccc(N2CCC(OCC#CCN3CCN(c4ccccc4)CC3)CC2)nc1. The van der Waals surface area contributed by atoms with Gasteiger partial charge in [-0.1, -0.05) is 30.0 Å². The first-order valence-corrected chi connectivity index (χ1v) is 11.0. The van der Waals surface area contributed by atoms with Crippen molar-refractivity contribution in [3.8, 4) is 17.9 Å². The van der Waals surface area contributed by atoms with Crippen molar-refractivity contribution < 1.29 is 4.74 Å². The third-order valence-corrected chi connectivity index (χ3v) is 5.96. The molecule has 1 aromatic carbocycles. The Labute approximate surface area is 185 Å². The number of rotatable bonds is 5. The quantitative estimate of drug-likeness (QED) is 0.700. The molecule has 0 aliphatic carbocycles. The molecule has 0 bridgehead atoms. The lowest BCUT2D eigenvalue weighted by molar-refractivity contribution is 0.0593. The van der Waals surface area contributed by atoms with E-state index in [1.165, 1.54) is 5.69 Å². The van der Waals surface area contributed by atoms with E-state index in [0.717, 1.165) is 64.5 Å². The fourth-order valence-corrected chi connectivity index (χ4v) is 4.07. The molecule has 6 nitrogen and oxygen atoms in total. The molecule has 3 heterocycles. The summed E-state index contributed by atoms with van der Waals surface area (Å²) in [5.74, 6) is 7.41. The van der Waals surface area contributed by atoms with Crippen molar-refractivity contribution >= 4 is 11.5 Å². The Kier molecular flexibility index (Phi) is 7.39. The Morgan fingerprint density at radius 3 is 2.35 bits per heavy atom. The first-order valence-electron chi connectivity index (χ1n) is 11.0. The molecule has 0 saturated carbocycles. The molecule has 2 fully saturated rings. The Bertz CT molecular complexity index is 912. The van der Waals surface area contributed by atoms with E-state index in [9.17, 15) is 0 Å². The molecule has 160 valence electrons. The van der Waals surface area contributed by atoms with Crippen LogP contribution in [0.5, 0.6) is 0 Å². The largest absolute Gasteiger partial charge is 0.369 e. The first-order chi connectivity index (χ1) is 15.3. The second kappa shape index (κ2) is 10.8. The fraction of sp³-hybridized carbons (Fsp3) is 0.440. The summed E-state index contributed by atoms with van der Waals surface area (Å²) in [6.45, 7) is 7.35. The van der Waals surface area contributed by atoms with E-state index in [2.05, 4.69) is 67.9 Å². The number of ether oxygens (including phenoxy) is 1. The molecule has 31 heavy (non-hydrogen) atoms. The van der Waals surface area contributed by atoms with Gasteiger partial charge in [0, 0.05) is 51.2 Å². The molecule has 2 aliphatic rings. The maximum atomic E-state index is 8.89. The van der Waals surface area contributed by atoms with E-state index >= 15 is 0 Å². The van der Waals surface area contributed by atoms with Gasteiger partial charge in [-0.2, -0.15) is 5.26 Å². The summed E-state index contributed by atoms with van der Waals surface area (Å²) in [4.78, 5) is 11.5. The van der Waals surface area contributed by atoms with Gasteiger partial charge in [0.25, 0.3) is 0 Å². The van der Waals surface area contributed by atoms with Crippen LogP contribution >= 0.6 is 0 Å². The van der Waals surface area contributed by atoms with Gasteiger partial charge in [0.2, 0.25) is 0 Å². The van der Waals surface area contributed by atoms with Crippen molar-refractivity contribution in [2.24, 2.45) is 0 Å². The molecule has 2 aliphatic heterocycles. The van der Waals surface area contributed by atoms with E-state index in [-0.39, 0.29) is 6.10 Å². The van der Waals surface area contributed by atoms with Gasteiger partial charge < -0.3 is 14.5 Å². The Balaban J connectivity index is 1.11. The third kappa shape index (κ3) is 5.98. The van der Waals surface area contributed by atoms with Gasteiger partial charge in [-0.15, -0.1) is 0 Å². The zero-order chi connectivity index (χ0) is 21.3. The van der Waals surface area contributed by atoms with Crippen molar-refractivity contribution in [3.63, 3.8) is 0 Å². The Morgan fingerprint density at radius 2 is 1.68 bits per heavy atom. The maximum absolute atomic E-state index is 8.89. The van der Waals surface area contributed by atoms with Crippen LogP contribution in [-0.4, -0.2) is 68.4 Å². The number of nitrogens with zero attached hydrogens (tertiary/aromatic N) is 5. The third-order valence-electron chi connectivity index (χ3n) is 5.96. The van der Waals surface area contributed by atoms with Crippen LogP contribution in [-0.2, 0) is 4.74 Å². The van der Waals surface area contributed by atoms with Crippen LogP contribution in [0.4, 0.5) is 11.5 Å². The number of para-hydroxylation sites is 1. The van der Waals surface area contributed by atoms with Gasteiger partial charge in [-0.3, -0.25) is 4.90 Å². The second-order valence-electron chi connectivity index (χ2n) is 7.97. The number of piperazine rings is 1. The van der Waals surface area contributed by atoms with Crippen molar-refractivity contribution in [2.75, 3.05) is 62.2 Å². The monoisotopic (exact) mass is 415 g/mol.